The number of rotatable bonds is 2. The molecule has 0 bridgehead atoms. The van der Waals surface area contributed by atoms with Crippen molar-refractivity contribution in [3.8, 4) is 0 Å². The van der Waals surface area contributed by atoms with Gasteiger partial charge in [0.1, 0.15) is 6.04 Å². The first-order valence-electron chi connectivity index (χ1n) is 4.64. The molecule has 4 nitrogen and oxygen atoms in total. The predicted molar refractivity (Wildman–Crippen MR) is 53.3 cm³/mol. The van der Waals surface area contributed by atoms with Crippen LogP contribution in [0.4, 0.5) is 0 Å². The fourth-order valence-electron chi connectivity index (χ4n) is 1.75. The van der Waals surface area contributed by atoms with Gasteiger partial charge in [0.2, 0.25) is 0 Å². The zero-order valence-corrected chi connectivity index (χ0v) is 8.46. The number of aromatic nitrogens is 1. The van der Waals surface area contributed by atoms with Crippen molar-refractivity contribution in [2.24, 2.45) is 0 Å². The van der Waals surface area contributed by atoms with E-state index in [1.807, 2.05) is 6.20 Å². The molecule has 0 amide bonds. The maximum Gasteiger partial charge on any atom is 0.320 e. The predicted octanol–water partition coefficient (Wildman–Crippen LogP) is 1.41. The maximum atomic E-state index is 10.8. The Hall–Kier alpha value is -0.940. The minimum absolute atomic E-state index is 0.178. The Labute approximate surface area is 86.0 Å². The first-order valence-corrected chi connectivity index (χ1v) is 5.52. The summed E-state index contributed by atoms with van der Waals surface area (Å²) in [5.41, 5.74) is 1.78. The summed E-state index contributed by atoms with van der Waals surface area (Å²) in [5.74, 6) is -0.751. The number of piperidine rings is 1. The average Bonchev–Trinajstić information content (AvgIpc) is 2.71. The largest absolute Gasteiger partial charge is 0.480 e. The average molecular weight is 212 g/mol. The number of nitrogens with zero attached hydrogens (tertiary/aromatic N) is 1. The smallest absolute Gasteiger partial charge is 0.320 e. The van der Waals surface area contributed by atoms with Crippen LogP contribution in [0.2, 0.25) is 0 Å². The van der Waals surface area contributed by atoms with E-state index in [0.717, 1.165) is 24.1 Å². The van der Waals surface area contributed by atoms with Crippen molar-refractivity contribution in [2.75, 3.05) is 0 Å². The molecule has 5 heteroatoms. The lowest BCUT2D eigenvalue weighted by Crippen LogP contribution is -2.42. The minimum Gasteiger partial charge on any atom is -0.480 e. The number of hydrogen-bond donors (Lipinski definition) is 2. The van der Waals surface area contributed by atoms with Gasteiger partial charge in [-0.25, -0.2) is 0 Å². The van der Waals surface area contributed by atoms with Gasteiger partial charge in [0, 0.05) is 17.1 Å². The highest BCUT2D eigenvalue weighted by Crippen LogP contribution is 2.27. The maximum absolute atomic E-state index is 10.8. The quantitative estimate of drug-likeness (QED) is 0.778. The van der Waals surface area contributed by atoms with E-state index in [-0.39, 0.29) is 6.04 Å². The summed E-state index contributed by atoms with van der Waals surface area (Å²) < 4.78 is 0. The van der Waals surface area contributed by atoms with E-state index in [2.05, 4.69) is 10.3 Å². The summed E-state index contributed by atoms with van der Waals surface area (Å²) in [4.78, 5) is 15.9. The molecule has 1 aromatic rings. The highest BCUT2D eigenvalue weighted by atomic mass is 32.1. The van der Waals surface area contributed by atoms with E-state index >= 15 is 0 Å². The summed E-state index contributed by atoms with van der Waals surface area (Å²) in [7, 11) is 0. The lowest BCUT2D eigenvalue weighted by atomic mass is 9.98. The molecular formula is C9H12N2O2S. The van der Waals surface area contributed by atoms with Gasteiger partial charge in [-0.15, -0.1) is 11.3 Å². The Morgan fingerprint density at radius 3 is 3.14 bits per heavy atom. The Kier molecular flexibility index (Phi) is 2.79. The van der Waals surface area contributed by atoms with Crippen molar-refractivity contribution in [1.29, 1.82) is 0 Å². The molecule has 2 unspecified atom stereocenters. The van der Waals surface area contributed by atoms with Gasteiger partial charge < -0.3 is 5.11 Å². The van der Waals surface area contributed by atoms with Gasteiger partial charge in [-0.3, -0.25) is 15.1 Å². The lowest BCUT2D eigenvalue weighted by molar-refractivity contribution is -0.140. The van der Waals surface area contributed by atoms with E-state index in [1.165, 1.54) is 0 Å². The first-order chi connectivity index (χ1) is 6.77. The summed E-state index contributed by atoms with van der Waals surface area (Å²) in [6.45, 7) is 0. The molecule has 2 heterocycles. The lowest BCUT2D eigenvalue weighted by Gasteiger charge is -2.27. The van der Waals surface area contributed by atoms with Gasteiger partial charge in [-0.2, -0.15) is 0 Å². The fraction of sp³-hybridized carbons (Fsp3) is 0.556. The molecule has 1 fully saturated rings. The molecule has 1 saturated heterocycles. The Morgan fingerprint density at radius 2 is 2.50 bits per heavy atom. The number of carboxylic acids is 1. The van der Waals surface area contributed by atoms with Crippen molar-refractivity contribution < 1.29 is 9.90 Å². The summed E-state index contributed by atoms with van der Waals surface area (Å²) in [6, 6.07) is -0.215. The summed E-state index contributed by atoms with van der Waals surface area (Å²) in [5, 5.41) is 12.0. The monoisotopic (exact) mass is 212 g/mol. The van der Waals surface area contributed by atoms with Crippen LogP contribution >= 0.6 is 11.3 Å². The van der Waals surface area contributed by atoms with Crippen molar-refractivity contribution in [2.45, 2.75) is 31.3 Å². The Bertz CT molecular complexity index is 313. The van der Waals surface area contributed by atoms with E-state index in [9.17, 15) is 4.79 Å². The zero-order chi connectivity index (χ0) is 9.97. The second-order valence-corrected chi connectivity index (χ2v) is 4.36. The topological polar surface area (TPSA) is 62.2 Å². The molecule has 0 saturated carbocycles. The van der Waals surface area contributed by atoms with E-state index in [0.29, 0.717) is 0 Å². The summed E-state index contributed by atoms with van der Waals surface area (Å²) in [6.07, 6.45) is 4.51. The standard InChI is InChI=1S/C9H12N2O2S/c12-9(13)7-3-1-2-6(11-7)8-4-10-5-14-8/h4-7,11H,1-3H2,(H,12,13). The fourth-order valence-corrected chi connectivity index (χ4v) is 2.47. The molecule has 2 atom stereocenters. The third kappa shape index (κ3) is 1.93. The van der Waals surface area contributed by atoms with Gasteiger partial charge >= 0.3 is 5.97 Å². The van der Waals surface area contributed by atoms with E-state index in [4.69, 9.17) is 5.11 Å². The number of hydrogen-bond acceptors (Lipinski definition) is 4. The third-order valence-corrected chi connectivity index (χ3v) is 3.37. The molecule has 2 rings (SSSR count). The van der Waals surface area contributed by atoms with Crippen LogP contribution in [0.5, 0.6) is 0 Å². The highest BCUT2D eigenvalue weighted by Gasteiger charge is 2.27. The van der Waals surface area contributed by atoms with Crippen molar-refractivity contribution in [3.05, 3.63) is 16.6 Å². The molecule has 76 valence electrons. The normalized spacial score (nSPS) is 27.4. The minimum atomic E-state index is -0.751. The Balaban J connectivity index is 2.04. The molecule has 2 N–H and O–H groups in total. The highest BCUT2D eigenvalue weighted by molar-refractivity contribution is 7.09. The molecular weight excluding hydrogens is 200 g/mol. The van der Waals surface area contributed by atoms with Gasteiger partial charge in [0.05, 0.1) is 5.51 Å². The first kappa shape index (κ1) is 9.61. The van der Waals surface area contributed by atoms with Crippen LogP contribution < -0.4 is 5.32 Å². The van der Waals surface area contributed by atoms with Crippen molar-refractivity contribution in [3.63, 3.8) is 0 Å². The third-order valence-electron chi connectivity index (χ3n) is 2.48. The van der Waals surface area contributed by atoms with Crippen molar-refractivity contribution >= 4 is 17.3 Å². The number of aliphatic carboxylic acids is 1. The molecule has 0 aromatic carbocycles. The number of thiazole rings is 1. The number of nitrogens with one attached hydrogen (secondary N) is 1. The molecule has 0 radical (unpaired) electrons. The van der Waals surface area contributed by atoms with Crippen LogP contribution in [-0.2, 0) is 4.79 Å². The van der Waals surface area contributed by atoms with Gasteiger partial charge in [0.25, 0.3) is 0 Å². The second kappa shape index (κ2) is 4.06. The van der Waals surface area contributed by atoms with Crippen LogP contribution in [0.1, 0.15) is 30.2 Å². The van der Waals surface area contributed by atoms with E-state index < -0.39 is 12.0 Å². The zero-order valence-electron chi connectivity index (χ0n) is 7.64. The van der Waals surface area contributed by atoms with Gasteiger partial charge in [0.15, 0.2) is 0 Å². The van der Waals surface area contributed by atoms with Crippen LogP contribution in [0.25, 0.3) is 0 Å². The van der Waals surface area contributed by atoms with Crippen LogP contribution in [-0.4, -0.2) is 22.1 Å². The van der Waals surface area contributed by atoms with Gasteiger partial charge in [-0.05, 0) is 19.3 Å². The van der Waals surface area contributed by atoms with E-state index in [1.54, 1.807) is 16.8 Å². The number of carbonyl (C=O) groups is 1. The molecule has 0 spiro atoms. The second-order valence-electron chi connectivity index (χ2n) is 3.44. The number of carboxylic acid groups (broad SMARTS) is 1. The Morgan fingerprint density at radius 1 is 1.64 bits per heavy atom. The van der Waals surface area contributed by atoms with Gasteiger partial charge in [-0.1, -0.05) is 0 Å². The van der Waals surface area contributed by atoms with Crippen LogP contribution in [0.3, 0.4) is 0 Å². The summed E-state index contributed by atoms with van der Waals surface area (Å²) >= 11 is 1.58. The molecule has 14 heavy (non-hydrogen) atoms. The van der Waals surface area contributed by atoms with Crippen molar-refractivity contribution in [1.82, 2.24) is 10.3 Å². The molecule has 0 aliphatic carbocycles. The molecule has 1 aliphatic heterocycles. The molecule has 1 aliphatic rings. The van der Waals surface area contributed by atoms with Crippen LogP contribution in [0.15, 0.2) is 11.7 Å². The molecule has 1 aromatic heterocycles. The van der Waals surface area contributed by atoms with Crippen LogP contribution in [0, 0.1) is 0 Å². The SMILES string of the molecule is O=C(O)C1CCCC(c2cncs2)N1.